The zero-order chi connectivity index (χ0) is 8.55. The van der Waals surface area contributed by atoms with E-state index in [0.717, 1.165) is 24.5 Å². The van der Waals surface area contributed by atoms with Gasteiger partial charge >= 0.3 is 0 Å². The number of ether oxygens (including phenoxy) is 1. The van der Waals surface area contributed by atoms with Crippen LogP contribution in [0.3, 0.4) is 0 Å². The van der Waals surface area contributed by atoms with Gasteiger partial charge in [-0.2, -0.15) is 0 Å². The molecular weight excluding hydrogens is 150 g/mol. The van der Waals surface area contributed by atoms with Crippen molar-refractivity contribution in [3.05, 3.63) is 23.3 Å². The van der Waals surface area contributed by atoms with E-state index < -0.39 is 0 Å². The molecule has 1 aliphatic rings. The van der Waals surface area contributed by atoms with Gasteiger partial charge in [0.25, 0.3) is 0 Å². The van der Waals surface area contributed by atoms with Crippen molar-refractivity contribution in [2.24, 2.45) is 0 Å². The van der Waals surface area contributed by atoms with Gasteiger partial charge in [-0.05, 0) is 24.1 Å². The van der Waals surface area contributed by atoms with Crippen LogP contribution >= 0.6 is 0 Å². The Labute approximate surface area is 72.5 Å². The van der Waals surface area contributed by atoms with Gasteiger partial charge in [0.05, 0.1) is 12.3 Å². The number of hydrogen-bond donors (Lipinski definition) is 1. The molecule has 0 saturated carbocycles. The largest absolute Gasteiger partial charge is 0.491 e. The number of hydrogen-bond acceptors (Lipinski definition) is 2. The third-order valence-electron chi connectivity index (χ3n) is 2.20. The predicted octanol–water partition coefficient (Wildman–Crippen LogP) is 1.97. The Morgan fingerprint density at radius 1 is 1.42 bits per heavy atom. The molecule has 0 radical (unpaired) electrons. The molecule has 1 aliphatic heterocycles. The second-order valence-electron chi connectivity index (χ2n) is 3.15. The first-order chi connectivity index (χ1) is 5.81. The van der Waals surface area contributed by atoms with E-state index in [2.05, 4.69) is 24.4 Å². The fourth-order valence-electron chi connectivity index (χ4n) is 1.65. The van der Waals surface area contributed by atoms with Crippen LogP contribution in [-0.4, -0.2) is 13.7 Å². The number of benzene rings is 1. The predicted molar refractivity (Wildman–Crippen MR) is 49.9 cm³/mol. The maximum atomic E-state index is 5.51. The lowest BCUT2D eigenvalue weighted by Gasteiger charge is -2.07. The number of rotatable bonds is 1. The van der Waals surface area contributed by atoms with Crippen molar-refractivity contribution in [1.29, 1.82) is 0 Å². The van der Waals surface area contributed by atoms with E-state index in [-0.39, 0.29) is 0 Å². The molecule has 0 fully saturated rings. The fourth-order valence-corrected chi connectivity index (χ4v) is 1.65. The molecule has 0 atom stereocenters. The summed E-state index contributed by atoms with van der Waals surface area (Å²) in [7, 11) is 1.93. The summed E-state index contributed by atoms with van der Waals surface area (Å²) in [5.41, 5.74) is 3.74. The SMILES string of the molecule is CNc1cc(C)cc2c1OCC2. The molecule has 0 aromatic heterocycles. The Hall–Kier alpha value is -1.18. The molecule has 0 saturated heterocycles. The van der Waals surface area contributed by atoms with Gasteiger partial charge in [0.1, 0.15) is 5.75 Å². The molecule has 1 aromatic carbocycles. The average Bonchev–Trinajstić information content (AvgIpc) is 2.50. The van der Waals surface area contributed by atoms with Gasteiger partial charge in [0.15, 0.2) is 0 Å². The van der Waals surface area contributed by atoms with Gasteiger partial charge in [0.2, 0.25) is 0 Å². The van der Waals surface area contributed by atoms with Crippen LogP contribution in [0.5, 0.6) is 5.75 Å². The number of anilines is 1. The van der Waals surface area contributed by atoms with Crippen molar-refractivity contribution in [3.8, 4) is 5.75 Å². The normalized spacial score (nSPS) is 13.8. The molecule has 0 spiro atoms. The molecule has 0 aliphatic carbocycles. The summed E-state index contributed by atoms with van der Waals surface area (Å²) in [4.78, 5) is 0. The van der Waals surface area contributed by atoms with Crippen molar-refractivity contribution >= 4 is 5.69 Å². The third kappa shape index (κ3) is 1.04. The zero-order valence-electron chi connectivity index (χ0n) is 7.48. The summed E-state index contributed by atoms with van der Waals surface area (Å²) in [6.45, 7) is 2.94. The summed E-state index contributed by atoms with van der Waals surface area (Å²) in [6.07, 6.45) is 1.05. The third-order valence-corrected chi connectivity index (χ3v) is 2.20. The molecule has 0 bridgehead atoms. The summed E-state index contributed by atoms with van der Waals surface area (Å²) in [6, 6.07) is 4.31. The van der Waals surface area contributed by atoms with Crippen LogP contribution in [0.2, 0.25) is 0 Å². The van der Waals surface area contributed by atoms with Crippen molar-refractivity contribution in [3.63, 3.8) is 0 Å². The number of nitrogens with one attached hydrogen (secondary N) is 1. The summed E-state index contributed by atoms with van der Waals surface area (Å²) < 4.78 is 5.51. The van der Waals surface area contributed by atoms with Crippen LogP contribution in [-0.2, 0) is 6.42 Å². The van der Waals surface area contributed by atoms with E-state index in [1.807, 2.05) is 7.05 Å². The Bertz CT molecular complexity index is 307. The zero-order valence-corrected chi connectivity index (χ0v) is 7.48. The Balaban J connectivity index is 2.55. The van der Waals surface area contributed by atoms with Gasteiger partial charge < -0.3 is 10.1 Å². The number of aryl methyl sites for hydroxylation is 1. The Kier molecular flexibility index (Phi) is 1.68. The molecule has 2 nitrogen and oxygen atoms in total. The van der Waals surface area contributed by atoms with Gasteiger partial charge in [-0.15, -0.1) is 0 Å². The van der Waals surface area contributed by atoms with Gasteiger partial charge in [-0.3, -0.25) is 0 Å². The van der Waals surface area contributed by atoms with Crippen LogP contribution in [0.4, 0.5) is 5.69 Å². The first-order valence-electron chi connectivity index (χ1n) is 4.25. The van der Waals surface area contributed by atoms with Gasteiger partial charge in [-0.25, -0.2) is 0 Å². The topological polar surface area (TPSA) is 21.3 Å². The summed E-state index contributed by atoms with van der Waals surface area (Å²) in [5.74, 6) is 1.04. The average molecular weight is 163 g/mol. The highest BCUT2D eigenvalue weighted by atomic mass is 16.5. The molecule has 1 aromatic rings. The van der Waals surface area contributed by atoms with Crippen LogP contribution in [0, 0.1) is 6.92 Å². The second kappa shape index (κ2) is 2.70. The Morgan fingerprint density at radius 2 is 2.25 bits per heavy atom. The molecule has 2 rings (SSSR count). The van der Waals surface area contributed by atoms with E-state index in [1.165, 1.54) is 11.1 Å². The maximum Gasteiger partial charge on any atom is 0.145 e. The minimum Gasteiger partial charge on any atom is -0.491 e. The van der Waals surface area contributed by atoms with Crippen molar-refractivity contribution in [2.75, 3.05) is 19.0 Å². The fraction of sp³-hybridized carbons (Fsp3) is 0.400. The quantitative estimate of drug-likeness (QED) is 0.683. The Morgan fingerprint density at radius 3 is 3.00 bits per heavy atom. The number of fused-ring (bicyclic) bond motifs is 1. The first-order valence-corrected chi connectivity index (χ1v) is 4.25. The van der Waals surface area contributed by atoms with Crippen LogP contribution < -0.4 is 10.1 Å². The first kappa shape index (κ1) is 7.47. The van der Waals surface area contributed by atoms with E-state index >= 15 is 0 Å². The monoisotopic (exact) mass is 163 g/mol. The van der Waals surface area contributed by atoms with E-state index in [1.54, 1.807) is 0 Å². The van der Waals surface area contributed by atoms with Crippen LogP contribution in [0.15, 0.2) is 12.1 Å². The molecular formula is C10H13NO. The standard InChI is InChI=1S/C10H13NO/c1-7-5-8-3-4-12-10(8)9(6-7)11-2/h5-6,11H,3-4H2,1-2H3. The molecule has 1 N–H and O–H groups in total. The van der Waals surface area contributed by atoms with Crippen LogP contribution in [0.25, 0.3) is 0 Å². The highest BCUT2D eigenvalue weighted by Gasteiger charge is 2.15. The smallest absolute Gasteiger partial charge is 0.145 e. The second-order valence-corrected chi connectivity index (χ2v) is 3.15. The van der Waals surface area contributed by atoms with Gasteiger partial charge in [0, 0.05) is 13.5 Å². The van der Waals surface area contributed by atoms with Crippen LogP contribution in [0.1, 0.15) is 11.1 Å². The lowest BCUT2D eigenvalue weighted by atomic mass is 10.1. The van der Waals surface area contributed by atoms with E-state index in [9.17, 15) is 0 Å². The summed E-state index contributed by atoms with van der Waals surface area (Å²) >= 11 is 0. The minimum absolute atomic E-state index is 0.827. The molecule has 64 valence electrons. The van der Waals surface area contributed by atoms with E-state index in [0.29, 0.717) is 0 Å². The lowest BCUT2D eigenvalue weighted by molar-refractivity contribution is 0.358. The molecule has 1 heterocycles. The van der Waals surface area contributed by atoms with Crippen molar-refractivity contribution in [1.82, 2.24) is 0 Å². The van der Waals surface area contributed by atoms with Gasteiger partial charge in [-0.1, -0.05) is 6.07 Å². The highest BCUT2D eigenvalue weighted by molar-refractivity contribution is 5.62. The minimum atomic E-state index is 0.827. The maximum absolute atomic E-state index is 5.51. The molecule has 2 heteroatoms. The molecule has 0 unspecified atom stereocenters. The van der Waals surface area contributed by atoms with Crippen molar-refractivity contribution in [2.45, 2.75) is 13.3 Å². The summed E-state index contributed by atoms with van der Waals surface area (Å²) in [5, 5.41) is 3.14. The molecule has 12 heavy (non-hydrogen) atoms. The highest BCUT2D eigenvalue weighted by Crippen LogP contribution is 2.34. The van der Waals surface area contributed by atoms with Crippen molar-refractivity contribution < 1.29 is 4.74 Å². The van der Waals surface area contributed by atoms with E-state index in [4.69, 9.17) is 4.74 Å². The lowest BCUT2D eigenvalue weighted by Crippen LogP contribution is -1.93. The molecule has 0 amide bonds.